The van der Waals surface area contributed by atoms with Gasteiger partial charge in [0.05, 0.1) is 17.8 Å². The molecule has 1 heterocycles. The number of carbonyl (C=O) groups excluding carboxylic acids is 2. The van der Waals surface area contributed by atoms with E-state index in [1.807, 2.05) is 35.2 Å². The Morgan fingerprint density at radius 2 is 1.76 bits per heavy atom. The van der Waals surface area contributed by atoms with Gasteiger partial charge in [0.2, 0.25) is 0 Å². The number of nitriles is 1. The fourth-order valence-corrected chi connectivity index (χ4v) is 4.33. The molecule has 1 aliphatic rings. The van der Waals surface area contributed by atoms with Crippen molar-refractivity contribution in [2.45, 2.75) is 25.9 Å². The average molecular weight is 530 g/mol. The Morgan fingerprint density at radius 1 is 1.03 bits per heavy atom. The second-order valence-corrected chi connectivity index (χ2v) is 9.26. The summed E-state index contributed by atoms with van der Waals surface area (Å²) in [6, 6.07) is 21.3. The zero-order valence-corrected chi connectivity index (χ0v) is 21.8. The standard InChI is InChI=1S/C30H28ClN3O4/c1-37-28-18-22(17-24(19-32)29(35)33-26-8-4-3-7-25(26)31)11-14-27(28)38-20-21-9-12-23(13-10-21)30(36)34-15-5-2-6-16-34/h3-4,7-14,17-18H,2,5-6,15-16,20H2,1H3,(H,33,35)/b24-17-. The molecule has 0 aliphatic carbocycles. The Kier molecular flexibility index (Phi) is 9.02. The summed E-state index contributed by atoms with van der Waals surface area (Å²) in [6.07, 6.45) is 4.76. The monoisotopic (exact) mass is 529 g/mol. The molecule has 0 aromatic heterocycles. The minimum atomic E-state index is -0.567. The first-order valence-electron chi connectivity index (χ1n) is 12.3. The van der Waals surface area contributed by atoms with Gasteiger partial charge < -0.3 is 19.7 Å². The Labute approximate surface area is 227 Å². The maximum Gasteiger partial charge on any atom is 0.266 e. The van der Waals surface area contributed by atoms with E-state index in [-0.39, 0.29) is 18.1 Å². The van der Waals surface area contributed by atoms with Gasteiger partial charge in [-0.2, -0.15) is 5.26 Å². The van der Waals surface area contributed by atoms with Crippen LogP contribution in [-0.4, -0.2) is 36.9 Å². The van der Waals surface area contributed by atoms with Gasteiger partial charge in [0.1, 0.15) is 18.2 Å². The third kappa shape index (κ3) is 6.72. The van der Waals surface area contributed by atoms with E-state index in [1.54, 1.807) is 42.5 Å². The second-order valence-electron chi connectivity index (χ2n) is 8.85. The van der Waals surface area contributed by atoms with Gasteiger partial charge in [-0.1, -0.05) is 41.9 Å². The highest BCUT2D eigenvalue weighted by molar-refractivity contribution is 6.34. The number of para-hydroxylation sites is 1. The number of carbonyl (C=O) groups is 2. The summed E-state index contributed by atoms with van der Waals surface area (Å²) < 4.78 is 11.4. The molecule has 1 saturated heterocycles. The molecule has 7 nitrogen and oxygen atoms in total. The summed E-state index contributed by atoms with van der Waals surface area (Å²) in [6.45, 7) is 1.92. The number of nitrogens with one attached hydrogen (secondary N) is 1. The zero-order chi connectivity index (χ0) is 26.9. The minimum Gasteiger partial charge on any atom is -0.493 e. The van der Waals surface area contributed by atoms with E-state index in [0.29, 0.717) is 33.3 Å². The van der Waals surface area contributed by atoms with Crippen molar-refractivity contribution in [3.8, 4) is 17.6 Å². The Morgan fingerprint density at radius 3 is 2.45 bits per heavy atom. The summed E-state index contributed by atoms with van der Waals surface area (Å²) in [4.78, 5) is 27.2. The second kappa shape index (κ2) is 12.8. The summed E-state index contributed by atoms with van der Waals surface area (Å²) in [5.74, 6) is 0.471. The van der Waals surface area contributed by atoms with Crippen LogP contribution in [-0.2, 0) is 11.4 Å². The van der Waals surface area contributed by atoms with Crippen LogP contribution in [0.4, 0.5) is 5.69 Å². The van der Waals surface area contributed by atoms with Crippen molar-refractivity contribution in [3.63, 3.8) is 0 Å². The lowest BCUT2D eigenvalue weighted by molar-refractivity contribution is -0.112. The summed E-state index contributed by atoms with van der Waals surface area (Å²) in [5.41, 5.74) is 2.52. The van der Waals surface area contributed by atoms with Gasteiger partial charge in [-0.05, 0) is 72.9 Å². The molecule has 0 atom stereocenters. The molecule has 38 heavy (non-hydrogen) atoms. The largest absolute Gasteiger partial charge is 0.493 e. The summed E-state index contributed by atoms with van der Waals surface area (Å²) >= 11 is 6.10. The summed E-state index contributed by atoms with van der Waals surface area (Å²) in [5, 5.41) is 12.6. The van der Waals surface area contributed by atoms with Gasteiger partial charge in [0.25, 0.3) is 11.8 Å². The fraction of sp³-hybridized carbons (Fsp3) is 0.233. The van der Waals surface area contributed by atoms with Crippen LogP contribution in [0.1, 0.15) is 40.7 Å². The normalized spacial score (nSPS) is 13.4. The van der Waals surface area contributed by atoms with Gasteiger partial charge in [-0.25, -0.2) is 0 Å². The van der Waals surface area contributed by atoms with Crippen molar-refractivity contribution in [2.75, 3.05) is 25.5 Å². The Bertz CT molecular complexity index is 1370. The maximum absolute atomic E-state index is 12.7. The molecular formula is C30H28ClN3O4. The van der Waals surface area contributed by atoms with Crippen LogP contribution < -0.4 is 14.8 Å². The van der Waals surface area contributed by atoms with Crippen LogP contribution in [0.3, 0.4) is 0 Å². The lowest BCUT2D eigenvalue weighted by Crippen LogP contribution is -2.35. The lowest BCUT2D eigenvalue weighted by atomic mass is 10.1. The number of benzene rings is 3. The molecule has 8 heteroatoms. The molecule has 3 aromatic rings. The van der Waals surface area contributed by atoms with Crippen LogP contribution in [0.5, 0.6) is 11.5 Å². The molecule has 1 aliphatic heterocycles. The molecule has 1 fully saturated rings. The first kappa shape index (κ1) is 26.8. The van der Waals surface area contributed by atoms with Crippen molar-refractivity contribution in [2.24, 2.45) is 0 Å². The third-order valence-corrected chi connectivity index (χ3v) is 6.55. The van der Waals surface area contributed by atoms with E-state index in [9.17, 15) is 14.9 Å². The number of methoxy groups -OCH3 is 1. The number of amides is 2. The van der Waals surface area contributed by atoms with E-state index in [0.717, 1.165) is 31.5 Å². The van der Waals surface area contributed by atoms with E-state index in [1.165, 1.54) is 19.6 Å². The molecular weight excluding hydrogens is 502 g/mol. The highest BCUT2D eigenvalue weighted by Gasteiger charge is 2.18. The molecule has 0 bridgehead atoms. The van der Waals surface area contributed by atoms with Crippen LogP contribution in [0.2, 0.25) is 5.02 Å². The van der Waals surface area contributed by atoms with Crippen LogP contribution >= 0.6 is 11.6 Å². The van der Waals surface area contributed by atoms with Crippen LogP contribution in [0.25, 0.3) is 6.08 Å². The summed E-state index contributed by atoms with van der Waals surface area (Å²) in [7, 11) is 1.52. The van der Waals surface area contributed by atoms with Crippen molar-refractivity contribution < 1.29 is 19.1 Å². The lowest BCUT2D eigenvalue weighted by Gasteiger charge is -2.26. The van der Waals surface area contributed by atoms with Crippen molar-refractivity contribution >= 4 is 35.2 Å². The number of nitrogens with zero attached hydrogens (tertiary/aromatic N) is 2. The number of hydrogen-bond acceptors (Lipinski definition) is 5. The molecule has 0 spiro atoms. The molecule has 0 saturated carbocycles. The van der Waals surface area contributed by atoms with Gasteiger partial charge >= 0.3 is 0 Å². The van der Waals surface area contributed by atoms with E-state index in [2.05, 4.69) is 5.32 Å². The zero-order valence-electron chi connectivity index (χ0n) is 21.1. The molecule has 0 radical (unpaired) electrons. The van der Waals surface area contributed by atoms with E-state index in [4.69, 9.17) is 21.1 Å². The van der Waals surface area contributed by atoms with Crippen LogP contribution in [0, 0.1) is 11.3 Å². The highest BCUT2D eigenvalue weighted by atomic mass is 35.5. The van der Waals surface area contributed by atoms with Crippen molar-refractivity contribution in [1.29, 1.82) is 5.26 Å². The minimum absolute atomic E-state index is 0.0692. The number of piperidine rings is 1. The SMILES string of the molecule is COc1cc(/C=C(/C#N)C(=O)Nc2ccccc2Cl)ccc1OCc1ccc(C(=O)N2CCCCC2)cc1. The molecule has 194 valence electrons. The molecule has 4 rings (SSSR count). The molecule has 3 aromatic carbocycles. The number of ether oxygens (including phenoxy) is 2. The van der Waals surface area contributed by atoms with Gasteiger partial charge in [0, 0.05) is 18.7 Å². The number of hydrogen-bond donors (Lipinski definition) is 1. The first-order chi connectivity index (χ1) is 18.5. The topological polar surface area (TPSA) is 91.7 Å². The van der Waals surface area contributed by atoms with Gasteiger partial charge in [-0.15, -0.1) is 0 Å². The van der Waals surface area contributed by atoms with E-state index >= 15 is 0 Å². The first-order valence-corrected chi connectivity index (χ1v) is 12.7. The van der Waals surface area contributed by atoms with Gasteiger partial charge in [-0.3, -0.25) is 9.59 Å². The van der Waals surface area contributed by atoms with Crippen molar-refractivity contribution in [3.05, 3.63) is 94.0 Å². The fourth-order valence-electron chi connectivity index (χ4n) is 4.14. The number of halogens is 1. The number of likely N-dealkylation sites (tertiary alicyclic amines) is 1. The number of rotatable bonds is 8. The molecule has 1 N–H and O–H groups in total. The average Bonchev–Trinajstić information content (AvgIpc) is 2.96. The Balaban J connectivity index is 1.41. The maximum atomic E-state index is 12.7. The van der Waals surface area contributed by atoms with E-state index < -0.39 is 5.91 Å². The molecule has 2 amide bonds. The predicted molar refractivity (Wildman–Crippen MR) is 147 cm³/mol. The smallest absolute Gasteiger partial charge is 0.266 e. The molecule has 0 unspecified atom stereocenters. The third-order valence-electron chi connectivity index (χ3n) is 6.22. The van der Waals surface area contributed by atoms with Gasteiger partial charge in [0.15, 0.2) is 11.5 Å². The van der Waals surface area contributed by atoms with Crippen LogP contribution in [0.15, 0.2) is 72.3 Å². The number of anilines is 1. The highest BCUT2D eigenvalue weighted by Crippen LogP contribution is 2.30. The quantitative estimate of drug-likeness (QED) is 0.281. The van der Waals surface area contributed by atoms with Crippen molar-refractivity contribution in [1.82, 2.24) is 4.90 Å². The predicted octanol–water partition coefficient (Wildman–Crippen LogP) is 6.10. The Hall–Kier alpha value is -4.28.